The molecule has 0 unspecified atom stereocenters. The lowest BCUT2D eigenvalue weighted by molar-refractivity contribution is 1.09. The molecule has 2 aromatic heterocycles. The molecular formula is C18H14N4S. The molecule has 2 aromatic carbocycles. The number of thiazole rings is 1. The van der Waals surface area contributed by atoms with Crippen LogP contribution in [0, 0.1) is 6.92 Å². The maximum Gasteiger partial charge on any atom is 0.188 e. The van der Waals surface area contributed by atoms with Gasteiger partial charge in [-0.1, -0.05) is 42.5 Å². The molecular weight excluding hydrogens is 304 g/mol. The van der Waals surface area contributed by atoms with Gasteiger partial charge in [-0.05, 0) is 24.1 Å². The fourth-order valence-corrected chi connectivity index (χ4v) is 3.16. The Kier molecular flexibility index (Phi) is 3.48. The molecule has 0 radical (unpaired) electrons. The van der Waals surface area contributed by atoms with Crippen LogP contribution in [0.15, 0.2) is 60.1 Å². The third-order valence-electron chi connectivity index (χ3n) is 3.58. The minimum Gasteiger partial charge on any atom is -0.316 e. The smallest absolute Gasteiger partial charge is 0.188 e. The standard InChI is InChI=1S/C18H14N4S/c1-12-20-15-9-5-8-14(13-6-3-2-4-7-13)16(15)17(21-12)22-18-19-10-11-23-18/h2-11H,1H3,(H,19,20,21,22). The number of hydrogen-bond acceptors (Lipinski definition) is 5. The zero-order valence-electron chi connectivity index (χ0n) is 12.5. The van der Waals surface area contributed by atoms with Crippen molar-refractivity contribution in [3.05, 3.63) is 65.9 Å². The van der Waals surface area contributed by atoms with Gasteiger partial charge >= 0.3 is 0 Å². The van der Waals surface area contributed by atoms with Crippen LogP contribution in [0.1, 0.15) is 5.82 Å². The van der Waals surface area contributed by atoms with Crippen LogP contribution in [0.3, 0.4) is 0 Å². The van der Waals surface area contributed by atoms with E-state index in [1.165, 1.54) is 0 Å². The van der Waals surface area contributed by atoms with E-state index in [-0.39, 0.29) is 0 Å². The van der Waals surface area contributed by atoms with Gasteiger partial charge in [0.2, 0.25) is 0 Å². The molecule has 2 heterocycles. The molecule has 0 aliphatic heterocycles. The van der Waals surface area contributed by atoms with E-state index in [4.69, 9.17) is 0 Å². The number of nitrogens with one attached hydrogen (secondary N) is 1. The molecule has 4 nitrogen and oxygen atoms in total. The van der Waals surface area contributed by atoms with Crippen molar-refractivity contribution < 1.29 is 0 Å². The molecule has 0 saturated heterocycles. The summed E-state index contributed by atoms with van der Waals surface area (Å²) in [4.78, 5) is 13.5. The molecule has 0 aliphatic rings. The molecule has 0 spiro atoms. The maximum absolute atomic E-state index is 4.61. The van der Waals surface area contributed by atoms with Crippen molar-refractivity contribution in [1.29, 1.82) is 0 Å². The van der Waals surface area contributed by atoms with Gasteiger partial charge in [0.15, 0.2) is 5.13 Å². The third-order valence-corrected chi connectivity index (χ3v) is 4.27. The van der Waals surface area contributed by atoms with Crippen LogP contribution in [-0.4, -0.2) is 15.0 Å². The minimum atomic E-state index is 0.738. The number of nitrogens with zero attached hydrogens (tertiary/aromatic N) is 3. The van der Waals surface area contributed by atoms with Gasteiger partial charge in [0.05, 0.1) is 10.9 Å². The van der Waals surface area contributed by atoms with Gasteiger partial charge in [-0.15, -0.1) is 11.3 Å². The Labute approximate surface area is 137 Å². The zero-order valence-corrected chi connectivity index (χ0v) is 13.3. The van der Waals surface area contributed by atoms with Gasteiger partial charge in [0.25, 0.3) is 0 Å². The van der Waals surface area contributed by atoms with E-state index in [0.29, 0.717) is 0 Å². The second-order valence-corrected chi connectivity index (χ2v) is 6.04. The lowest BCUT2D eigenvalue weighted by Gasteiger charge is -2.12. The molecule has 0 bridgehead atoms. The summed E-state index contributed by atoms with van der Waals surface area (Å²) in [5.41, 5.74) is 3.19. The van der Waals surface area contributed by atoms with Gasteiger partial charge in [0, 0.05) is 11.6 Å². The number of fused-ring (bicyclic) bond motifs is 1. The van der Waals surface area contributed by atoms with Gasteiger partial charge < -0.3 is 5.32 Å². The largest absolute Gasteiger partial charge is 0.316 e. The summed E-state index contributed by atoms with van der Waals surface area (Å²) in [7, 11) is 0. The van der Waals surface area contributed by atoms with Gasteiger partial charge in [-0.3, -0.25) is 0 Å². The molecule has 23 heavy (non-hydrogen) atoms. The predicted octanol–water partition coefficient (Wildman–Crippen LogP) is 4.81. The normalized spacial score (nSPS) is 10.8. The van der Waals surface area contributed by atoms with Crippen molar-refractivity contribution in [2.45, 2.75) is 6.92 Å². The van der Waals surface area contributed by atoms with Crippen LogP contribution in [0.25, 0.3) is 22.0 Å². The van der Waals surface area contributed by atoms with Crippen molar-refractivity contribution >= 4 is 33.2 Å². The van der Waals surface area contributed by atoms with Crippen LogP contribution in [0.5, 0.6) is 0 Å². The second kappa shape index (κ2) is 5.78. The van der Waals surface area contributed by atoms with Crippen molar-refractivity contribution in [3.63, 3.8) is 0 Å². The number of hydrogen-bond donors (Lipinski definition) is 1. The van der Waals surface area contributed by atoms with E-state index >= 15 is 0 Å². The first-order valence-corrected chi connectivity index (χ1v) is 8.18. The number of aromatic nitrogens is 3. The summed E-state index contributed by atoms with van der Waals surface area (Å²) in [6, 6.07) is 16.4. The fourth-order valence-electron chi connectivity index (χ4n) is 2.63. The van der Waals surface area contributed by atoms with Crippen LogP contribution in [0.4, 0.5) is 10.9 Å². The van der Waals surface area contributed by atoms with Crippen LogP contribution in [-0.2, 0) is 0 Å². The number of anilines is 2. The van der Waals surface area contributed by atoms with E-state index in [2.05, 4.69) is 38.5 Å². The first kappa shape index (κ1) is 13.8. The average molecular weight is 318 g/mol. The second-order valence-electron chi connectivity index (χ2n) is 5.15. The third kappa shape index (κ3) is 2.66. The van der Waals surface area contributed by atoms with E-state index in [1.54, 1.807) is 17.5 Å². The summed E-state index contributed by atoms with van der Waals surface area (Å²) >= 11 is 1.55. The molecule has 1 N–H and O–H groups in total. The van der Waals surface area contributed by atoms with Gasteiger partial charge in [-0.25, -0.2) is 15.0 Å². The minimum absolute atomic E-state index is 0.738. The zero-order chi connectivity index (χ0) is 15.6. The summed E-state index contributed by atoms with van der Waals surface area (Å²) in [5, 5.41) is 7.11. The van der Waals surface area contributed by atoms with Crippen molar-refractivity contribution in [2.75, 3.05) is 5.32 Å². The van der Waals surface area contributed by atoms with Crippen LogP contribution >= 0.6 is 11.3 Å². The van der Waals surface area contributed by atoms with E-state index in [1.807, 2.05) is 42.6 Å². The lowest BCUT2D eigenvalue weighted by Crippen LogP contribution is -2.00. The Balaban J connectivity index is 1.97. The summed E-state index contributed by atoms with van der Waals surface area (Å²) < 4.78 is 0. The Morgan fingerprint density at radius 1 is 0.957 bits per heavy atom. The lowest BCUT2D eigenvalue weighted by atomic mass is 10.0. The highest BCUT2D eigenvalue weighted by atomic mass is 32.1. The van der Waals surface area contributed by atoms with E-state index in [0.717, 1.165) is 38.8 Å². The van der Waals surface area contributed by atoms with Gasteiger partial charge in [0.1, 0.15) is 11.6 Å². The summed E-state index contributed by atoms with van der Waals surface area (Å²) in [6.07, 6.45) is 1.78. The Morgan fingerprint density at radius 3 is 2.61 bits per heavy atom. The maximum atomic E-state index is 4.61. The van der Waals surface area contributed by atoms with Crippen LogP contribution < -0.4 is 5.32 Å². The van der Waals surface area contributed by atoms with Crippen molar-refractivity contribution in [3.8, 4) is 11.1 Å². The highest BCUT2D eigenvalue weighted by molar-refractivity contribution is 7.13. The molecule has 0 fully saturated rings. The fraction of sp³-hybridized carbons (Fsp3) is 0.0556. The predicted molar refractivity (Wildman–Crippen MR) is 95.1 cm³/mol. The number of rotatable bonds is 3. The average Bonchev–Trinajstić information content (AvgIpc) is 3.08. The van der Waals surface area contributed by atoms with E-state index in [9.17, 15) is 0 Å². The highest BCUT2D eigenvalue weighted by Gasteiger charge is 2.12. The Hall–Kier alpha value is -2.79. The van der Waals surface area contributed by atoms with Crippen molar-refractivity contribution in [2.24, 2.45) is 0 Å². The molecule has 112 valence electrons. The Bertz CT molecular complexity index is 950. The Morgan fingerprint density at radius 2 is 1.83 bits per heavy atom. The first-order chi connectivity index (χ1) is 11.3. The molecule has 0 atom stereocenters. The topological polar surface area (TPSA) is 50.7 Å². The number of aryl methyl sites for hydroxylation is 1. The van der Waals surface area contributed by atoms with E-state index < -0.39 is 0 Å². The molecule has 0 aliphatic carbocycles. The van der Waals surface area contributed by atoms with Crippen molar-refractivity contribution in [1.82, 2.24) is 15.0 Å². The molecule has 4 aromatic rings. The molecule has 4 rings (SSSR count). The summed E-state index contributed by atoms with van der Waals surface area (Å²) in [5.74, 6) is 1.53. The van der Waals surface area contributed by atoms with Gasteiger partial charge in [-0.2, -0.15) is 0 Å². The molecule has 0 amide bonds. The monoisotopic (exact) mass is 318 g/mol. The van der Waals surface area contributed by atoms with Crippen LogP contribution in [0.2, 0.25) is 0 Å². The summed E-state index contributed by atoms with van der Waals surface area (Å²) in [6.45, 7) is 1.90. The molecule has 5 heteroatoms. The SMILES string of the molecule is Cc1nc(Nc2nccs2)c2c(-c3ccccc3)cccc2n1. The molecule has 0 saturated carbocycles. The number of benzene rings is 2. The first-order valence-electron chi connectivity index (χ1n) is 7.30. The quantitative estimate of drug-likeness (QED) is 0.589. The highest BCUT2D eigenvalue weighted by Crippen LogP contribution is 2.33.